The number of carboxylic acids is 1. The molecule has 0 aromatic heterocycles. The van der Waals surface area contributed by atoms with Crippen molar-refractivity contribution in [1.29, 1.82) is 0 Å². The predicted molar refractivity (Wildman–Crippen MR) is 82.6 cm³/mol. The first-order valence-corrected chi connectivity index (χ1v) is 6.75. The van der Waals surface area contributed by atoms with Gasteiger partial charge in [-0.3, -0.25) is 4.79 Å². The normalized spacial score (nSPS) is 10.2. The minimum Gasteiger partial charge on any atom is -0.478 e. The number of carbonyl (C=O) groups is 2. The molecule has 0 radical (unpaired) electrons. The zero-order valence-electron chi connectivity index (χ0n) is 11.0. The van der Waals surface area contributed by atoms with Gasteiger partial charge in [-0.05, 0) is 31.2 Å². The van der Waals surface area contributed by atoms with Crippen LogP contribution >= 0.6 is 23.2 Å². The first kappa shape index (κ1) is 15.4. The van der Waals surface area contributed by atoms with Gasteiger partial charge in [0.05, 0.1) is 15.7 Å². The Morgan fingerprint density at radius 1 is 1.00 bits per heavy atom. The molecule has 0 aliphatic rings. The van der Waals surface area contributed by atoms with Crippen molar-refractivity contribution >= 4 is 40.8 Å². The van der Waals surface area contributed by atoms with Gasteiger partial charge in [-0.2, -0.15) is 0 Å². The smallest absolute Gasteiger partial charge is 0.339 e. The van der Waals surface area contributed by atoms with Crippen molar-refractivity contribution < 1.29 is 14.7 Å². The number of carbonyl (C=O) groups excluding carboxylic acids is 1. The average Bonchev–Trinajstić information content (AvgIpc) is 2.43. The van der Waals surface area contributed by atoms with Crippen LogP contribution in [0.25, 0.3) is 0 Å². The second kappa shape index (κ2) is 6.16. The summed E-state index contributed by atoms with van der Waals surface area (Å²) in [4.78, 5) is 23.4. The van der Waals surface area contributed by atoms with E-state index in [2.05, 4.69) is 5.32 Å². The van der Waals surface area contributed by atoms with Gasteiger partial charge in [0.2, 0.25) is 0 Å². The highest BCUT2D eigenvalue weighted by molar-refractivity contribution is 6.38. The van der Waals surface area contributed by atoms with Crippen molar-refractivity contribution in [2.45, 2.75) is 6.92 Å². The second-order valence-corrected chi connectivity index (χ2v) is 5.22. The van der Waals surface area contributed by atoms with E-state index in [9.17, 15) is 14.7 Å². The van der Waals surface area contributed by atoms with Gasteiger partial charge in [-0.1, -0.05) is 40.9 Å². The first-order chi connectivity index (χ1) is 9.90. The number of hydrogen-bond acceptors (Lipinski definition) is 2. The number of halogens is 2. The lowest BCUT2D eigenvalue weighted by Gasteiger charge is -2.12. The summed E-state index contributed by atoms with van der Waals surface area (Å²) in [6, 6.07) is 9.66. The molecule has 21 heavy (non-hydrogen) atoms. The van der Waals surface area contributed by atoms with Crippen molar-refractivity contribution in [3.8, 4) is 0 Å². The molecule has 2 aromatic rings. The monoisotopic (exact) mass is 323 g/mol. The second-order valence-electron chi connectivity index (χ2n) is 4.40. The molecule has 1 amide bonds. The number of carboxylic acid groups (broad SMARTS) is 1. The van der Waals surface area contributed by atoms with Gasteiger partial charge in [0.25, 0.3) is 5.91 Å². The molecule has 0 saturated carbocycles. The first-order valence-electron chi connectivity index (χ1n) is 5.99. The molecule has 0 atom stereocenters. The Hall–Kier alpha value is -2.04. The number of nitrogens with one attached hydrogen (secondary N) is 1. The number of hydrogen-bond donors (Lipinski definition) is 2. The third-order valence-electron chi connectivity index (χ3n) is 2.87. The van der Waals surface area contributed by atoms with Crippen LogP contribution in [0.4, 0.5) is 5.69 Å². The van der Waals surface area contributed by atoms with E-state index in [1.807, 2.05) is 6.92 Å². The molecule has 2 rings (SSSR count). The van der Waals surface area contributed by atoms with Crippen molar-refractivity contribution in [1.82, 2.24) is 0 Å². The van der Waals surface area contributed by atoms with Gasteiger partial charge >= 0.3 is 5.97 Å². The van der Waals surface area contributed by atoms with Gasteiger partial charge in [0, 0.05) is 5.56 Å². The van der Waals surface area contributed by atoms with Crippen molar-refractivity contribution in [3.05, 3.63) is 63.1 Å². The van der Waals surface area contributed by atoms with E-state index in [-0.39, 0.29) is 21.3 Å². The molecule has 0 heterocycles. The van der Waals surface area contributed by atoms with E-state index in [0.717, 1.165) is 5.56 Å². The van der Waals surface area contributed by atoms with Crippen LogP contribution in [0.2, 0.25) is 10.0 Å². The fraction of sp³-hybridized carbons (Fsp3) is 0.0667. The van der Waals surface area contributed by atoms with Gasteiger partial charge < -0.3 is 10.4 Å². The fourth-order valence-corrected chi connectivity index (χ4v) is 2.22. The summed E-state index contributed by atoms with van der Waals surface area (Å²) >= 11 is 11.8. The summed E-state index contributed by atoms with van der Waals surface area (Å²) in [6.07, 6.45) is 0. The van der Waals surface area contributed by atoms with E-state index in [1.54, 1.807) is 24.3 Å². The van der Waals surface area contributed by atoms with Gasteiger partial charge in [0.1, 0.15) is 5.56 Å². The molecule has 0 unspecified atom stereocenters. The van der Waals surface area contributed by atoms with Crippen LogP contribution < -0.4 is 5.32 Å². The zero-order valence-corrected chi connectivity index (χ0v) is 12.5. The van der Waals surface area contributed by atoms with Crippen LogP contribution in [-0.2, 0) is 0 Å². The van der Waals surface area contributed by atoms with Crippen LogP contribution in [0.1, 0.15) is 26.3 Å². The van der Waals surface area contributed by atoms with Gasteiger partial charge in [0.15, 0.2) is 0 Å². The molecule has 4 nitrogen and oxygen atoms in total. The highest BCUT2D eigenvalue weighted by atomic mass is 35.5. The Kier molecular flexibility index (Phi) is 4.50. The van der Waals surface area contributed by atoms with E-state index in [0.29, 0.717) is 5.56 Å². The number of benzene rings is 2. The van der Waals surface area contributed by atoms with Crippen molar-refractivity contribution in [3.63, 3.8) is 0 Å². The van der Waals surface area contributed by atoms with Crippen LogP contribution in [-0.4, -0.2) is 17.0 Å². The van der Waals surface area contributed by atoms with E-state index < -0.39 is 11.9 Å². The molecular weight excluding hydrogens is 313 g/mol. The molecule has 108 valence electrons. The maximum Gasteiger partial charge on any atom is 0.339 e. The standard InChI is InChI=1S/C15H11Cl2NO3/c1-8-2-4-9(5-3-8)14(19)18-13-11(17)7-6-10(16)12(13)15(20)21/h2-7H,1H3,(H,18,19)(H,20,21). The van der Waals surface area contributed by atoms with Crippen LogP contribution in [0.5, 0.6) is 0 Å². The molecule has 2 aromatic carbocycles. The number of anilines is 1. The maximum atomic E-state index is 12.2. The quantitative estimate of drug-likeness (QED) is 0.887. The summed E-state index contributed by atoms with van der Waals surface area (Å²) in [5.41, 5.74) is 1.17. The molecule has 0 aliphatic heterocycles. The molecule has 0 spiro atoms. The number of aryl methyl sites for hydroxylation is 1. The molecule has 0 saturated heterocycles. The molecule has 0 aliphatic carbocycles. The van der Waals surface area contributed by atoms with E-state index in [4.69, 9.17) is 23.2 Å². The minimum atomic E-state index is -1.26. The summed E-state index contributed by atoms with van der Waals surface area (Å²) < 4.78 is 0. The molecule has 0 bridgehead atoms. The minimum absolute atomic E-state index is 0.00565. The summed E-state index contributed by atoms with van der Waals surface area (Å²) in [6.45, 7) is 1.90. The SMILES string of the molecule is Cc1ccc(C(=O)Nc2c(Cl)ccc(Cl)c2C(=O)O)cc1. The van der Waals surface area contributed by atoms with Crippen LogP contribution in [0.15, 0.2) is 36.4 Å². The fourth-order valence-electron chi connectivity index (χ4n) is 1.77. The third-order valence-corrected chi connectivity index (χ3v) is 3.50. The highest BCUT2D eigenvalue weighted by Crippen LogP contribution is 2.32. The van der Waals surface area contributed by atoms with Crippen molar-refractivity contribution in [2.24, 2.45) is 0 Å². The molecule has 2 N–H and O–H groups in total. The summed E-state index contributed by atoms with van der Waals surface area (Å²) in [7, 11) is 0. The Balaban J connectivity index is 2.39. The zero-order chi connectivity index (χ0) is 15.6. The van der Waals surface area contributed by atoms with E-state index >= 15 is 0 Å². The maximum absolute atomic E-state index is 12.2. The summed E-state index contributed by atoms with van der Waals surface area (Å²) in [5.74, 6) is -1.72. The van der Waals surface area contributed by atoms with Crippen LogP contribution in [0.3, 0.4) is 0 Å². The summed E-state index contributed by atoms with van der Waals surface area (Å²) in [5, 5.41) is 11.8. The Labute approximate surface area is 131 Å². The predicted octanol–water partition coefficient (Wildman–Crippen LogP) is 4.25. The van der Waals surface area contributed by atoms with Crippen LogP contribution in [0, 0.1) is 6.92 Å². The van der Waals surface area contributed by atoms with Crippen molar-refractivity contribution in [2.75, 3.05) is 5.32 Å². The lowest BCUT2D eigenvalue weighted by molar-refractivity contribution is 0.0698. The molecule has 0 fully saturated rings. The lowest BCUT2D eigenvalue weighted by atomic mass is 10.1. The number of amides is 1. The van der Waals surface area contributed by atoms with Gasteiger partial charge in [-0.25, -0.2) is 4.79 Å². The number of aromatic carboxylic acids is 1. The lowest BCUT2D eigenvalue weighted by Crippen LogP contribution is -2.15. The van der Waals surface area contributed by atoms with Gasteiger partial charge in [-0.15, -0.1) is 0 Å². The topological polar surface area (TPSA) is 66.4 Å². The Morgan fingerprint density at radius 2 is 1.57 bits per heavy atom. The Bertz CT molecular complexity index is 712. The average molecular weight is 324 g/mol. The molecule has 6 heteroatoms. The third kappa shape index (κ3) is 3.35. The highest BCUT2D eigenvalue weighted by Gasteiger charge is 2.20. The Morgan fingerprint density at radius 3 is 2.14 bits per heavy atom. The van der Waals surface area contributed by atoms with E-state index in [1.165, 1.54) is 12.1 Å². The largest absolute Gasteiger partial charge is 0.478 e. The molecular formula is C15H11Cl2NO3. The number of rotatable bonds is 3.